The Bertz CT molecular complexity index is 1090. The molecule has 0 aromatic heterocycles. The lowest BCUT2D eigenvalue weighted by atomic mass is 10.0. The van der Waals surface area contributed by atoms with Crippen LogP contribution in [-0.4, -0.2) is 28.8 Å². The van der Waals surface area contributed by atoms with Crippen LogP contribution in [0.1, 0.15) is 55.0 Å². The van der Waals surface area contributed by atoms with Crippen LogP contribution in [-0.2, 0) is 35.4 Å². The van der Waals surface area contributed by atoms with Crippen molar-refractivity contribution in [3.05, 3.63) is 107 Å². The van der Waals surface area contributed by atoms with Gasteiger partial charge in [0.25, 0.3) is 0 Å². The molecule has 0 aliphatic rings. The van der Waals surface area contributed by atoms with Gasteiger partial charge in [0.05, 0.1) is 0 Å². The molecule has 0 saturated heterocycles. The maximum Gasteiger partial charge on any atom is 0.243 e. The van der Waals surface area contributed by atoms with E-state index in [1.165, 1.54) is 5.56 Å². The van der Waals surface area contributed by atoms with Gasteiger partial charge in [-0.3, -0.25) is 9.59 Å². The van der Waals surface area contributed by atoms with E-state index in [4.69, 9.17) is 0 Å². The Labute approximate surface area is 210 Å². The highest BCUT2D eigenvalue weighted by atomic mass is 16.2. The topological polar surface area (TPSA) is 49.4 Å². The Morgan fingerprint density at radius 3 is 2.11 bits per heavy atom. The van der Waals surface area contributed by atoms with Crippen molar-refractivity contribution in [3.63, 3.8) is 0 Å². The summed E-state index contributed by atoms with van der Waals surface area (Å²) in [6.45, 7) is 8.48. The summed E-state index contributed by atoms with van der Waals surface area (Å²) in [5.74, 6) is -0.122. The van der Waals surface area contributed by atoms with Gasteiger partial charge in [-0.1, -0.05) is 91.3 Å². The fraction of sp³-hybridized carbons (Fsp3) is 0.355. The molecule has 184 valence electrons. The van der Waals surface area contributed by atoms with E-state index < -0.39 is 6.04 Å². The Morgan fingerprint density at radius 2 is 1.49 bits per heavy atom. The summed E-state index contributed by atoms with van der Waals surface area (Å²) in [5, 5.41) is 3.05. The number of rotatable bonds is 11. The number of amides is 2. The summed E-state index contributed by atoms with van der Waals surface area (Å²) < 4.78 is 0. The zero-order chi connectivity index (χ0) is 25.2. The molecule has 1 atom stereocenters. The first kappa shape index (κ1) is 26.2. The first-order chi connectivity index (χ1) is 16.9. The quantitative estimate of drug-likeness (QED) is 0.393. The van der Waals surface area contributed by atoms with Gasteiger partial charge >= 0.3 is 0 Å². The maximum atomic E-state index is 13.7. The van der Waals surface area contributed by atoms with Crippen LogP contribution in [0.15, 0.2) is 78.9 Å². The van der Waals surface area contributed by atoms with Crippen LogP contribution in [0.5, 0.6) is 0 Å². The van der Waals surface area contributed by atoms with Crippen LogP contribution in [0.3, 0.4) is 0 Å². The van der Waals surface area contributed by atoms with Gasteiger partial charge in [-0.15, -0.1) is 0 Å². The molecular formula is C31H38N2O2. The van der Waals surface area contributed by atoms with Crippen molar-refractivity contribution in [2.24, 2.45) is 0 Å². The molecule has 4 nitrogen and oxygen atoms in total. The molecule has 0 radical (unpaired) electrons. The normalized spacial score (nSPS) is 11.8. The molecular weight excluding hydrogens is 432 g/mol. The molecule has 0 unspecified atom stereocenters. The summed E-state index contributed by atoms with van der Waals surface area (Å²) in [6, 6.07) is 26.0. The van der Waals surface area contributed by atoms with Crippen molar-refractivity contribution in [1.82, 2.24) is 10.2 Å². The van der Waals surface area contributed by atoms with E-state index in [-0.39, 0.29) is 17.9 Å². The van der Waals surface area contributed by atoms with Gasteiger partial charge in [0.2, 0.25) is 11.8 Å². The SMILES string of the molecule is CCc1ccc(CCC(=O)N(Cc2cccc(C)c2)[C@H](Cc2ccccc2)C(=O)NC(C)C)cc1. The molecule has 0 saturated carbocycles. The summed E-state index contributed by atoms with van der Waals surface area (Å²) in [7, 11) is 0. The second-order valence-corrected chi connectivity index (χ2v) is 9.55. The minimum absolute atomic E-state index is 0.00576. The minimum atomic E-state index is -0.588. The molecule has 35 heavy (non-hydrogen) atoms. The molecule has 0 fully saturated rings. The molecule has 0 bridgehead atoms. The maximum absolute atomic E-state index is 13.7. The lowest BCUT2D eigenvalue weighted by Gasteiger charge is -2.32. The fourth-order valence-corrected chi connectivity index (χ4v) is 4.28. The summed E-state index contributed by atoms with van der Waals surface area (Å²) in [4.78, 5) is 28.9. The summed E-state index contributed by atoms with van der Waals surface area (Å²) in [6.07, 6.45) is 2.48. The molecule has 0 spiro atoms. The van der Waals surface area contributed by atoms with Gasteiger partial charge in [-0.25, -0.2) is 0 Å². The lowest BCUT2D eigenvalue weighted by Crippen LogP contribution is -2.51. The average molecular weight is 471 g/mol. The molecule has 0 heterocycles. The summed E-state index contributed by atoms with van der Waals surface area (Å²) >= 11 is 0. The smallest absolute Gasteiger partial charge is 0.243 e. The van der Waals surface area contributed by atoms with Crippen LogP contribution in [0.2, 0.25) is 0 Å². The monoisotopic (exact) mass is 470 g/mol. The van der Waals surface area contributed by atoms with Gasteiger partial charge in [-0.2, -0.15) is 0 Å². The number of hydrogen-bond donors (Lipinski definition) is 1. The van der Waals surface area contributed by atoms with Crippen molar-refractivity contribution in [3.8, 4) is 0 Å². The zero-order valence-electron chi connectivity index (χ0n) is 21.5. The second-order valence-electron chi connectivity index (χ2n) is 9.55. The van der Waals surface area contributed by atoms with Crippen molar-refractivity contribution >= 4 is 11.8 Å². The van der Waals surface area contributed by atoms with Crippen LogP contribution >= 0.6 is 0 Å². The van der Waals surface area contributed by atoms with Gasteiger partial charge < -0.3 is 10.2 Å². The van der Waals surface area contributed by atoms with E-state index in [1.807, 2.05) is 69.3 Å². The Hall–Kier alpha value is -3.40. The van der Waals surface area contributed by atoms with Crippen LogP contribution in [0.25, 0.3) is 0 Å². The summed E-state index contributed by atoms with van der Waals surface area (Å²) in [5.41, 5.74) is 5.62. The number of carbonyl (C=O) groups is 2. The number of aryl methyl sites for hydroxylation is 3. The highest BCUT2D eigenvalue weighted by Crippen LogP contribution is 2.18. The molecule has 2 amide bonds. The Balaban J connectivity index is 1.88. The number of nitrogens with zero attached hydrogens (tertiary/aromatic N) is 1. The standard InChI is InChI=1S/C31H38N2O2/c1-5-25-14-16-26(17-15-25)18-19-30(34)33(22-28-13-9-10-24(4)20-28)29(31(35)32-23(2)3)21-27-11-7-6-8-12-27/h6-17,20,23,29H,5,18-19,21-22H2,1-4H3,(H,32,35)/t29-/m1/s1. The van der Waals surface area contributed by atoms with Crippen LogP contribution < -0.4 is 5.32 Å². The Kier molecular flexibility index (Phi) is 9.66. The van der Waals surface area contributed by atoms with E-state index in [9.17, 15) is 9.59 Å². The van der Waals surface area contributed by atoms with Crippen LogP contribution in [0.4, 0.5) is 0 Å². The predicted molar refractivity (Wildman–Crippen MR) is 143 cm³/mol. The third kappa shape index (κ3) is 8.10. The fourth-order valence-electron chi connectivity index (χ4n) is 4.28. The molecule has 4 heteroatoms. The van der Waals surface area contributed by atoms with Crippen molar-refractivity contribution < 1.29 is 9.59 Å². The van der Waals surface area contributed by atoms with Gasteiger partial charge in [0.15, 0.2) is 0 Å². The number of hydrogen-bond acceptors (Lipinski definition) is 2. The molecule has 3 aromatic carbocycles. The first-order valence-electron chi connectivity index (χ1n) is 12.6. The van der Waals surface area contributed by atoms with Gasteiger partial charge in [0, 0.05) is 25.4 Å². The van der Waals surface area contributed by atoms with E-state index in [0.717, 1.165) is 28.7 Å². The number of benzene rings is 3. The van der Waals surface area contributed by atoms with E-state index in [1.54, 1.807) is 4.90 Å². The molecule has 1 N–H and O–H groups in total. The highest BCUT2D eigenvalue weighted by Gasteiger charge is 2.30. The highest BCUT2D eigenvalue weighted by molar-refractivity contribution is 5.88. The van der Waals surface area contributed by atoms with E-state index >= 15 is 0 Å². The van der Waals surface area contributed by atoms with Gasteiger partial charge in [0.1, 0.15) is 6.04 Å². The molecule has 3 aromatic rings. The molecule has 0 aliphatic carbocycles. The van der Waals surface area contributed by atoms with Crippen molar-refractivity contribution in [2.75, 3.05) is 0 Å². The number of nitrogens with one attached hydrogen (secondary N) is 1. The third-order valence-electron chi connectivity index (χ3n) is 6.20. The zero-order valence-corrected chi connectivity index (χ0v) is 21.5. The number of carbonyl (C=O) groups excluding carboxylic acids is 2. The average Bonchev–Trinajstić information content (AvgIpc) is 2.85. The van der Waals surface area contributed by atoms with Gasteiger partial charge in [-0.05, 0) is 55.9 Å². The largest absolute Gasteiger partial charge is 0.352 e. The third-order valence-corrected chi connectivity index (χ3v) is 6.20. The predicted octanol–water partition coefficient (Wildman–Crippen LogP) is 5.65. The molecule has 0 aliphatic heterocycles. The van der Waals surface area contributed by atoms with Crippen molar-refractivity contribution in [2.45, 2.75) is 72.0 Å². The van der Waals surface area contributed by atoms with Crippen LogP contribution in [0, 0.1) is 6.92 Å². The van der Waals surface area contributed by atoms with E-state index in [2.05, 4.69) is 42.6 Å². The molecule has 3 rings (SSSR count). The first-order valence-corrected chi connectivity index (χ1v) is 12.6. The second kappa shape index (κ2) is 12.9. The van der Waals surface area contributed by atoms with Crippen molar-refractivity contribution in [1.29, 1.82) is 0 Å². The minimum Gasteiger partial charge on any atom is -0.352 e. The van der Waals surface area contributed by atoms with E-state index in [0.29, 0.717) is 25.8 Å². The Morgan fingerprint density at radius 1 is 0.829 bits per heavy atom. The lowest BCUT2D eigenvalue weighted by molar-refractivity contribution is -0.141.